The maximum atomic E-state index is 13.0. The van der Waals surface area contributed by atoms with E-state index in [1.807, 2.05) is 26.0 Å². The Bertz CT molecular complexity index is 798. The predicted octanol–water partition coefficient (Wildman–Crippen LogP) is 2.59. The van der Waals surface area contributed by atoms with E-state index in [1.165, 1.54) is 12.1 Å². The molecule has 1 aliphatic rings. The van der Waals surface area contributed by atoms with Gasteiger partial charge < -0.3 is 15.4 Å². The minimum Gasteiger partial charge on any atom is -0.444 e. The van der Waals surface area contributed by atoms with Crippen molar-refractivity contribution >= 4 is 24.1 Å². The number of benzene rings is 1. The average molecular weight is 402 g/mol. The molecule has 0 saturated heterocycles. The summed E-state index contributed by atoms with van der Waals surface area (Å²) in [4.78, 5) is 38.0. The van der Waals surface area contributed by atoms with E-state index < -0.39 is 29.7 Å². The molecule has 0 saturated carbocycles. The lowest BCUT2D eigenvalue weighted by Crippen LogP contribution is -2.51. The van der Waals surface area contributed by atoms with Gasteiger partial charge in [-0.25, -0.2) is 9.80 Å². The summed E-state index contributed by atoms with van der Waals surface area (Å²) in [5.41, 5.74) is 0.717. The number of hydrazone groups is 1. The molecule has 0 spiro atoms. The van der Waals surface area contributed by atoms with Gasteiger partial charge in [0, 0.05) is 12.6 Å². The van der Waals surface area contributed by atoms with Gasteiger partial charge in [0.15, 0.2) is 0 Å². The van der Waals surface area contributed by atoms with Gasteiger partial charge in [0.05, 0.1) is 6.21 Å². The van der Waals surface area contributed by atoms with Crippen LogP contribution in [0.5, 0.6) is 0 Å². The maximum absolute atomic E-state index is 13.0. The third-order valence-corrected chi connectivity index (χ3v) is 4.24. The fourth-order valence-electron chi connectivity index (χ4n) is 2.95. The summed E-state index contributed by atoms with van der Waals surface area (Å²) in [6.45, 7) is 9.15. The lowest BCUT2D eigenvalue weighted by atomic mass is 9.98. The molecule has 0 aliphatic carbocycles. The molecule has 1 aromatic carbocycles. The van der Waals surface area contributed by atoms with Crippen LogP contribution in [0.25, 0.3) is 0 Å². The van der Waals surface area contributed by atoms with Crippen LogP contribution in [0, 0.1) is 5.92 Å². The topological polar surface area (TPSA) is 100 Å². The van der Waals surface area contributed by atoms with Gasteiger partial charge in [0.25, 0.3) is 5.91 Å². The van der Waals surface area contributed by atoms with Gasteiger partial charge in [-0.1, -0.05) is 38.1 Å². The number of amides is 3. The summed E-state index contributed by atoms with van der Waals surface area (Å²) in [6.07, 6.45) is 1.32. The molecule has 158 valence electrons. The Balaban J connectivity index is 2.23. The van der Waals surface area contributed by atoms with E-state index >= 15 is 0 Å². The van der Waals surface area contributed by atoms with E-state index in [0.717, 1.165) is 5.56 Å². The molecule has 0 fully saturated rings. The van der Waals surface area contributed by atoms with Crippen LogP contribution in [0.1, 0.15) is 58.2 Å². The fraction of sp³-hybridized carbons (Fsp3) is 0.524. The number of carbonyl (C=O) groups is 3. The number of rotatable bonds is 5. The summed E-state index contributed by atoms with van der Waals surface area (Å²) in [5.74, 6) is -0.669. The zero-order valence-corrected chi connectivity index (χ0v) is 17.9. The number of nitrogens with zero attached hydrogens (tertiary/aromatic N) is 2. The Labute approximate surface area is 171 Å². The first-order chi connectivity index (χ1) is 13.5. The number of ether oxygens (including phenoxy) is 1. The van der Waals surface area contributed by atoms with Gasteiger partial charge in [-0.2, -0.15) is 5.10 Å². The Morgan fingerprint density at radius 2 is 1.90 bits per heavy atom. The molecule has 8 heteroatoms. The molecule has 2 N–H and O–H groups in total. The molecular formula is C21H30N4O4. The normalized spacial score (nSPS) is 17.4. The number of hydrogen-bond acceptors (Lipinski definition) is 5. The molecular weight excluding hydrogens is 372 g/mol. The molecule has 3 amide bonds. The van der Waals surface area contributed by atoms with Gasteiger partial charge in [-0.15, -0.1) is 0 Å². The Morgan fingerprint density at radius 1 is 1.24 bits per heavy atom. The van der Waals surface area contributed by atoms with Crippen LogP contribution < -0.4 is 10.6 Å². The minimum absolute atomic E-state index is 0.142. The minimum atomic E-state index is -0.902. The Hall–Kier alpha value is -2.90. The third-order valence-electron chi connectivity index (χ3n) is 4.24. The Kier molecular flexibility index (Phi) is 7.00. The summed E-state index contributed by atoms with van der Waals surface area (Å²) in [6, 6.07) is 5.51. The van der Waals surface area contributed by atoms with Crippen molar-refractivity contribution in [3.63, 3.8) is 0 Å². The van der Waals surface area contributed by atoms with E-state index in [0.29, 0.717) is 12.0 Å². The zero-order valence-electron chi connectivity index (χ0n) is 17.9. The van der Waals surface area contributed by atoms with Gasteiger partial charge in [-0.05, 0) is 38.7 Å². The first kappa shape index (κ1) is 22.4. The summed E-state index contributed by atoms with van der Waals surface area (Å²) < 4.78 is 5.28. The van der Waals surface area contributed by atoms with Crippen LogP contribution in [-0.2, 0) is 14.3 Å². The van der Waals surface area contributed by atoms with E-state index in [4.69, 9.17) is 4.74 Å². The zero-order chi connectivity index (χ0) is 21.8. The number of fused-ring (bicyclic) bond motifs is 1. The van der Waals surface area contributed by atoms with Gasteiger partial charge >= 0.3 is 6.09 Å². The van der Waals surface area contributed by atoms with Crippen molar-refractivity contribution in [2.24, 2.45) is 11.0 Å². The van der Waals surface area contributed by atoms with Crippen LogP contribution in [0.2, 0.25) is 0 Å². The second-order valence-corrected chi connectivity index (χ2v) is 8.51. The Morgan fingerprint density at radius 3 is 2.52 bits per heavy atom. The van der Waals surface area contributed by atoms with E-state index in [-0.39, 0.29) is 11.8 Å². The number of nitrogens with one attached hydrogen (secondary N) is 2. The van der Waals surface area contributed by atoms with Crippen LogP contribution in [0.4, 0.5) is 4.79 Å². The van der Waals surface area contributed by atoms with Crippen LogP contribution in [-0.4, -0.2) is 47.8 Å². The van der Waals surface area contributed by atoms with Crippen LogP contribution in [0.3, 0.4) is 0 Å². The molecule has 0 aromatic heterocycles. The molecule has 8 nitrogen and oxygen atoms in total. The molecule has 1 aliphatic heterocycles. The lowest BCUT2D eigenvalue weighted by molar-refractivity contribution is -0.136. The number of hydrogen-bond donors (Lipinski definition) is 2. The van der Waals surface area contributed by atoms with Crippen molar-refractivity contribution in [1.82, 2.24) is 15.6 Å². The number of likely N-dealkylation sites (N-methyl/N-ethyl adjacent to an activating group) is 1. The van der Waals surface area contributed by atoms with Gasteiger partial charge in [0.1, 0.15) is 17.7 Å². The summed E-state index contributed by atoms with van der Waals surface area (Å²) >= 11 is 0. The second kappa shape index (κ2) is 9.07. The summed E-state index contributed by atoms with van der Waals surface area (Å²) in [7, 11) is 1.54. The van der Waals surface area contributed by atoms with Gasteiger partial charge in [0.2, 0.25) is 5.91 Å². The average Bonchev–Trinajstić information content (AvgIpc) is 2.71. The predicted molar refractivity (Wildman–Crippen MR) is 110 cm³/mol. The highest BCUT2D eigenvalue weighted by Crippen LogP contribution is 2.22. The highest BCUT2D eigenvalue weighted by molar-refractivity contribution is 5.96. The van der Waals surface area contributed by atoms with E-state index in [2.05, 4.69) is 15.7 Å². The van der Waals surface area contributed by atoms with Crippen molar-refractivity contribution in [2.75, 3.05) is 7.05 Å². The van der Waals surface area contributed by atoms with Crippen molar-refractivity contribution in [3.8, 4) is 0 Å². The molecule has 1 heterocycles. The number of carbonyl (C=O) groups excluding carboxylic acids is 3. The monoisotopic (exact) mass is 402 g/mol. The smallest absolute Gasteiger partial charge is 0.408 e. The number of alkyl carbamates (subject to hydrolysis) is 1. The van der Waals surface area contributed by atoms with E-state index in [1.54, 1.807) is 39.1 Å². The largest absolute Gasteiger partial charge is 0.444 e. The van der Waals surface area contributed by atoms with Crippen molar-refractivity contribution in [2.45, 2.75) is 58.7 Å². The van der Waals surface area contributed by atoms with E-state index in [9.17, 15) is 14.4 Å². The highest BCUT2D eigenvalue weighted by Gasteiger charge is 2.33. The van der Waals surface area contributed by atoms with Crippen molar-refractivity contribution in [3.05, 3.63) is 35.4 Å². The van der Waals surface area contributed by atoms with Gasteiger partial charge in [-0.3, -0.25) is 9.59 Å². The fourth-order valence-corrected chi connectivity index (χ4v) is 2.95. The summed E-state index contributed by atoms with van der Waals surface area (Å²) in [5, 5.41) is 10.7. The van der Waals surface area contributed by atoms with Crippen molar-refractivity contribution in [1.29, 1.82) is 0 Å². The molecule has 2 atom stereocenters. The molecule has 29 heavy (non-hydrogen) atoms. The maximum Gasteiger partial charge on any atom is 0.408 e. The lowest BCUT2D eigenvalue weighted by Gasteiger charge is -2.26. The molecule has 0 bridgehead atoms. The van der Waals surface area contributed by atoms with Crippen molar-refractivity contribution < 1.29 is 19.1 Å². The van der Waals surface area contributed by atoms with Crippen LogP contribution >= 0.6 is 0 Å². The first-order valence-electron chi connectivity index (χ1n) is 9.68. The molecule has 0 radical (unpaired) electrons. The standard InChI is InChI=1S/C21H30N4O4/c1-13(2)11-16(23-20(28)29-21(3,4)5)18(26)24-17-15-10-8-7-9-14(15)12-22-25(6)19(17)27/h7-10,12-13,16-17H,11H2,1-6H3,(H,23,28)(H,24,26)/t16-,17-/m0/s1. The molecule has 2 rings (SSSR count). The first-order valence-corrected chi connectivity index (χ1v) is 9.68. The highest BCUT2D eigenvalue weighted by atomic mass is 16.6. The molecule has 1 aromatic rings. The second-order valence-electron chi connectivity index (χ2n) is 8.51. The van der Waals surface area contributed by atoms with Crippen LogP contribution in [0.15, 0.2) is 29.4 Å². The third kappa shape index (κ3) is 6.30. The quantitative estimate of drug-likeness (QED) is 0.791. The SMILES string of the molecule is CC(C)C[C@H](NC(=O)OC(C)(C)C)C(=O)N[C@@H]1C(=O)N(C)N=Cc2ccccc21. The molecule has 0 unspecified atom stereocenters.